The van der Waals surface area contributed by atoms with Crippen molar-refractivity contribution in [3.63, 3.8) is 0 Å². The molecule has 0 bridgehead atoms. The lowest BCUT2D eigenvalue weighted by Crippen LogP contribution is -2.24. The van der Waals surface area contributed by atoms with E-state index in [0.29, 0.717) is 4.88 Å². The van der Waals surface area contributed by atoms with Crippen molar-refractivity contribution in [2.45, 2.75) is 58.2 Å². The van der Waals surface area contributed by atoms with Crippen LogP contribution in [-0.4, -0.2) is 24.0 Å². The van der Waals surface area contributed by atoms with Crippen LogP contribution in [0.5, 0.6) is 0 Å². The summed E-state index contributed by atoms with van der Waals surface area (Å²) in [4.78, 5) is 11.6. The Bertz CT molecular complexity index is 453. The number of carbonyl (C=O) groups is 1. The fraction of sp³-hybridized carbons (Fsp3) is 0.667. The molecule has 2 rings (SSSR count). The maximum atomic E-state index is 11.0. The second kappa shape index (κ2) is 7.89. The maximum Gasteiger partial charge on any atom is 0.305 e. The van der Waals surface area contributed by atoms with Gasteiger partial charge in [0, 0.05) is 19.1 Å². The Hall–Kier alpha value is -0.950. The number of hydrogen-bond donors (Lipinski definition) is 1. The second-order valence-electron chi connectivity index (χ2n) is 5.03. The molecule has 0 saturated carbocycles. The fourth-order valence-electron chi connectivity index (χ4n) is 2.40. The monoisotopic (exact) mass is 314 g/mol. The lowest BCUT2D eigenvalue weighted by atomic mass is 10.1. The van der Waals surface area contributed by atoms with Crippen LogP contribution in [-0.2, 0) is 19.0 Å². The number of aliphatic hydroxyl groups excluding tert-OH is 1. The summed E-state index contributed by atoms with van der Waals surface area (Å²) in [6.07, 6.45) is 2.24. The number of rotatable bonds is 6. The summed E-state index contributed by atoms with van der Waals surface area (Å²) in [5.74, 6) is -0.508. The van der Waals surface area contributed by atoms with E-state index in [4.69, 9.17) is 14.2 Å². The van der Waals surface area contributed by atoms with Crippen molar-refractivity contribution in [3.8, 4) is 0 Å². The molecule has 1 aliphatic rings. The SMILES string of the molecule is CCC(OC1CCCCO1)c1ccsc1C(O)OC(C)=O. The van der Waals surface area contributed by atoms with Crippen molar-refractivity contribution in [3.05, 3.63) is 21.9 Å². The molecule has 1 N–H and O–H groups in total. The number of thiophene rings is 1. The van der Waals surface area contributed by atoms with E-state index in [9.17, 15) is 9.90 Å². The lowest BCUT2D eigenvalue weighted by Gasteiger charge is -2.28. The van der Waals surface area contributed by atoms with Gasteiger partial charge in [-0.1, -0.05) is 6.92 Å². The van der Waals surface area contributed by atoms with Crippen LogP contribution < -0.4 is 0 Å². The zero-order valence-corrected chi connectivity index (χ0v) is 13.2. The predicted octanol–water partition coefficient (Wildman–Crippen LogP) is 3.30. The largest absolute Gasteiger partial charge is 0.431 e. The van der Waals surface area contributed by atoms with Crippen molar-refractivity contribution in [2.75, 3.05) is 6.61 Å². The summed E-state index contributed by atoms with van der Waals surface area (Å²) in [7, 11) is 0. The van der Waals surface area contributed by atoms with E-state index in [1.54, 1.807) is 0 Å². The van der Waals surface area contributed by atoms with Gasteiger partial charge in [-0.15, -0.1) is 11.3 Å². The highest BCUT2D eigenvalue weighted by Crippen LogP contribution is 2.35. The van der Waals surface area contributed by atoms with E-state index < -0.39 is 12.3 Å². The minimum absolute atomic E-state index is 0.167. The highest BCUT2D eigenvalue weighted by Gasteiger charge is 2.25. The van der Waals surface area contributed by atoms with E-state index in [0.717, 1.165) is 37.9 Å². The van der Waals surface area contributed by atoms with Gasteiger partial charge in [0.15, 0.2) is 6.29 Å². The normalized spacial score (nSPS) is 21.8. The number of carbonyl (C=O) groups excluding carboxylic acids is 1. The number of esters is 1. The Morgan fingerprint density at radius 2 is 2.38 bits per heavy atom. The van der Waals surface area contributed by atoms with E-state index in [-0.39, 0.29) is 12.4 Å². The molecule has 0 aliphatic carbocycles. The van der Waals surface area contributed by atoms with Gasteiger partial charge in [0.2, 0.25) is 6.29 Å². The molecule has 0 aromatic carbocycles. The Kier molecular flexibility index (Phi) is 6.17. The highest BCUT2D eigenvalue weighted by atomic mass is 32.1. The maximum absolute atomic E-state index is 11.0. The van der Waals surface area contributed by atoms with E-state index in [1.165, 1.54) is 18.3 Å². The Labute approximate surface area is 128 Å². The van der Waals surface area contributed by atoms with Crippen LogP contribution in [0, 0.1) is 0 Å². The van der Waals surface area contributed by atoms with Crippen LogP contribution in [0.2, 0.25) is 0 Å². The number of ether oxygens (including phenoxy) is 3. The van der Waals surface area contributed by atoms with E-state index >= 15 is 0 Å². The first-order chi connectivity index (χ1) is 10.1. The smallest absolute Gasteiger partial charge is 0.305 e. The van der Waals surface area contributed by atoms with Gasteiger partial charge >= 0.3 is 5.97 Å². The van der Waals surface area contributed by atoms with Crippen molar-refractivity contribution in [2.24, 2.45) is 0 Å². The molecular formula is C15H22O5S. The van der Waals surface area contributed by atoms with Crippen LogP contribution >= 0.6 is 11.3 Å². The van der Waals surface area contributed by atoms with Crippen LogP contribution in [0.25, 0.3) is 0 Å². The first-order valence-corrected chi connectivity index (χ1v) is 8.19. The van der Waals surface area contributed by atoms with Crippen molar-refractivity contribution >= 4 is 17.3 Å². The van der Waals surface area contributed by atoms with E-state index in [1.807, 2.05) is 18.4 Å². The van der Waals surface area contributed by atoms with E-state index in [2.05, 4.69) is 0 Å². The standard InChI is InChI=1S/C15H22O5S/c1-3-12(20-13-6-4-5-8-18-13)11-7-9-21-14(11)15(17)19-10(2)16/h7,9,12-13,15,17H,3-6,8H2,1-2H3. The molecule has 0 radical (unpaired) electrons. The van der Waals surface area contributed by atoms with Gasteiger partial charge in [0.25, 0.3) is 0 Å². The topological polar surface area (TPSA) is 65.0 Å². The van der Waals surface area contributed by atoms with Crippen molar-refractivity contribution in [1.29, 1.82) is 0 Å². The van der Waals surface area contributed by atoms with Gasteiger partial charge in [0.05, 0.1) is 11.0 Å². The Balaban J connectivity index is 2.07. The third-order valence-corrected chi connectivity index (χ3v) is 4.36. The molecule has 1 aliphatic heterocycles. The summed E-state index contributed by atoms with van der Waals surface area (Å²) in [6.45, 7) is 4.03. The summed E-state index contributed by atoms with van der Waals surface area (Å²) in [5, 5.41) is 11.9. The Morgan fingerprint density at radius 1 is 1.57 bits per heavy atom. The predicted molar refractivity (Wildman–Crippen MR) is 78.8 cm³/mol. The molecule has 3 atom stereocenters. The molecule has 1 aromatic rings. The van der Waals surface area contributed by atoms with Crippen LogP contribution in [0.4, 0.5) is 0 Å². The lowest BCUT2D eigenvalue weighted by molar-refractivity contribution is -0.191. The second-order valence-corrected chi connectivity index (χ2v) is 5.98. The van der Waals surface area contributed by atoms with Crippen molar-refractivity contribution < 1.29 is 24.1 Å². The molecule has 1 aromatic heterocycles. The fourth-order valence-corrected chi connectivity index (χ4v) is 3.26. The summed E-state index contributed by atoms with van der Waals surface area (Å²) < 4.78 is 16.5. The van der Waals surface area contributed by atoms with Gasteiger partial charge in [-0.05, 0) is 37.1 Å². The quantitative estimate of drug-likeness (QED) is 0.645. The average Bonchev–Trinajstić information content (AvgIpc) is 2.94. The highest BCUT2D eigenvalue weighted by molar-refractivity contribution is 7.10. The first-order valence-electron chi connectivity index (χ1n) is 7.31. The van der Waals surface area contributed by atoms with Crippen LogP contribution in [0.1, 0.15) is 62.4 Å². The summed E-state index contributed by atoms with van der Waals surface area (Å²) in [5.41, 5.74) is 0.866. The molecule has 2 heterocycles. The number of hydrogen-bond acceptors (Lipinski definition) is 6. The molecular weight excluding hydrogens is 292 g/mol. The summed E-state index contributed by atoms with van der Waals surface area (Å²) >= 11 is 1.36. The van der Waals surface area contributed by atoms with Crippen LogP contribution in [0.15, 0.2) is 11.4 Å². The molecule has 21 heavy (non-hydrogen) atoms. The molecule has 1 saturated heterocycles. The van der Waals surface area contributed by atoms with Gasteiger partial charge in [-0.3, -0.25) is 4.79 Å². The van der Waals surface area contributed by atoms with Gasteiger partial charge in [-0.2, -0.15) is 0 Å². The minimum Gasteiger partial charge on any atom is -0.431 e. The molecule has 0 amide bonds. The first kappa shape index (κ1) is 16.4. The van der Waals surface area contributed by atoms with Crippen LogP contribution in [0.3, 0.4) is 0 Å². The molecule has 118 valence electrons. The number of aliphatic hydroxyl groups is 1. The third-order valence-electron chi connectivity index (χ3n) is 3.40. The van der Waals surface area contributed by atoms with Crippen molar-refractivity contribution in [1.82, 2.24) is 0 Å². The van der Waals surface area contributed by atoms with Gasteiger partial charge in [0.1, 0.15) is 0 Å². The minimum atomic E-state index is -1.23. The van der Waals surface area contributed by atoms with Gasteiger partial charge in [-0.25, -0.2) is 0 Å². The average molecular weight is 314 g/mol. The van der Waals surface area contributed by atoms with Gasteiger partial charge < -0.3 is 19.3 Å². The molecule has 6 heteroatoms. The molecule has 0 spiro atoms. The molecule has 5 nitrogen and oxygen atoms in total. The summed E-state index contributed by atoms with van der Waals surface area (Å²) in [6, 6.07) is 1.91. The molecule has 1 fully saturated rings. The zero-order valence-electron chi connectivity index (χ0n) is 12.4. The zero-order chi connectivity index (χ0) is 15.2. The molecule has 3 unspecified atom stereocenters. The third kappa shape index (κ3) is 4.51. The Morgan fingerprint density at radius 3 is 3.00 bits per heavy atom.